The van der Waals surface area contributed by atoms with Crippen LogP contribution in [0.2, 0.25) is 0 Å². The summed E-state index contributed by atoms with van der Waals surface area (Å²) in [4.78, 5) is 30.0. The van der Waals surface area contributed by atoms with Crippen molar-refractivity contribution in [2.75, 3.05) is 19.8 Å². The molecule has 140 valence electrons. The Morgan fingerprint density at radius 3 is 2.81 bits per heavy atom. The Morgan fingerprint density at radius 2 is 2.15 bits per heavy atom. The average molecular weight is 426 g/mol. The van der Waals surface area contributed by atoms with Gasteiger partial charge in [0.2, 0.25) is 5.91 Å². The molecule has 0 fully saturated rings. The van der Waals surface area contributed by atoms with Crippen LogP contribution in [0.5, 0.6) is 0 Å². The number of aliphatic imine (C=N–C) groups is 1. The topological polar surface area (TPSA) is 82.0 Å². The van der Waals surface area contributed by atoms with Crippen molar-refractivity contribution < 1.29 is 19.1 Å². The van der Waals surface area contributed by atoms with E-state index >= 15 is 0 Å². The molecule has 1 aliphatic rings. The lowest BCUT2D eigenvalue weighted by atomic mass is 10.1. The van der Waals surface area contributed by atoms with Gasteiger partial charge in [-0.05, 0) is 31.1 Å². The number of alkyl halides is 1. The lowest BCUT2D eigenvalue weighted by Gasteiger charge is -2.23. The van der Waals surface area contributed by atoms with Crippen molar-refractivity contribution in [3.8, 4) is 0 Å². The van der Waals surface area contributed by atoms with Gasteiger partial charge in [-0.15, -0.1) is 0 Å². The number of carbonyl (C=O) groups excluding carboxylic acids is 1. The summed E-state index contributed by atoms with van der Waals surface area (Å²) in [6.07, 6.45) is 1.58. The second-order valence-electron chi connectivity index (χ2n) is 5.87. The minimum absolute atomic E-state index is 0.0628. The van der Waals surface area contributed by atoms with Crippen LogP contribution in [0.15, 0.2) is 33.2 Å². The number of carbonyl (C=O) groups is 2. The highest BCUT2D eigenvalue weighted by molar-refractivity contribution is 9.10. The van der Waals surface area contributed by atoms with E-state index in [-0.39, 0.29) is 24.6 Å². The van der Waals surface area contributed by atoms with Crippen molar-refractivity contribution in [3.05, 3.63) is 33.8 Å². The first-order chi connectivity index (χ1) is 12.4. The number of hydrogen-bond donors (Lipinski definition) is 2. The van der Waals surface area contributed by atoms with Crippen molar-refractivity contribution in [2.45, 2.75) is 26.2 Å². The van der Waals surface area contributed by atoms with Gasteiger partial charge in [0.25, 0.3) is 0 Å². The standard InChI is InChI=1S/C18H21BrFN3O3/c1-2-7-23(8-3-6-20)17(24)13-9-12-4-5-14(19)11-15(12)21-16(10-13)22-18(25)26/h4-5,9,11H,2-3,6-8,10H2,1H3,(H,21,22)(H,25,26). The Balaban J connectivity index is 2.39. The third-order valence-electron chi connectivity index (χ3n) is 3.80. The maximum atomic E-state index is 13.0. The zero-order chi connectivity index (χ0) is 19.1. The predicted molar refractivity (Wildman–Crippen MR) is 102 cm³/mol. The van der Waals surface area contributed by atoms with Gasteiger partial charge in [0.15, 0.2) is 0 Å². The fourth-order valence-corrected chi connectivity index (χ4v) is 3.06. The van der Waals surface area contributed by atoms with E-state index in [1.54, 1.807) is 17.0 Å². The summed E-state index contributed by atoms with van der Waals surface area (Å²) in [5, 5.41) is 11.3. The van der Waals surface area contributed by atoms with Crippen molar-refractivity contribution in [1.29, 1.82) is 0 Å². The highest BCUT2D eigenvalue weighted by atomic mass is 79.9. The van der Waals surface area contributed by atoms with Crippen LogP contribution in [0.4, 0.5) is 14.9 Å². The van der Waals surface area contributed by atoms with Crippen LogP contribution in [0.25, 0.3) is 6.08 Å². The van der Waals surface area contributed by atoms with Gasteiger partial charge in [-0.3, -0.25) is 14.5 Å². The van der Waals surface area contributed by atoms with Gasteiger partial charge in [0.05, 0.1) is 12.4 Å². The summed E-state index contributed by atoms with van der Waals surface area (Å²) in [6, 6.07) is 5.40. The fraction of sp³-hybridized carbons (Fsp3) is 0.389. The van der Waals surface area contributed by atoms with E-state index in [4.69, 9.17) is 5.11 Å². The van der Waals surface area contributed by atoms with Crippen LogP contribution in [0, 0.1) is 0 Å². The number of hydrogen-bond acceptors (Lipinski definition) is 3. The number of fused-ring (bicyclic) bond motifs is 1. The minimum Gasteiger partial charge on any atom is -0.465 e. The maximum absolute atomic E-state index is 13.0. The molecule has 0 bridgehead atoms. The van der Waals surface area contributed by atoms with Gasteiger partial charge in [-0.25, -0.2) is 9.79 Å². The van der Waals surface area contributed by atoms with Crippen LogP contribution >= 0.6 is 15.9 Å². The molecule has 0 atom stereocenters. The lowest BCUT2D eigenvalue weighted by Crippen LogP contribution is -2.36. The molecular formula is C18H21BrFN3O3. The quantitative estimate of drug-likeness (QED) is 0.718. The van der Waals surface area contributed by atoms with Gasteiger partial charge in [-0.1, -0.05) is 28.9 Å². The molecule has 1 heterocycles. The number of amidine groups is 1. The molecule has 2 N–H and O–H groups in total. The van der Waals surface area contributed by atoms with E-state index in [1.807, 2.05) is 19.1 Å². The Hall–Kier alpha value is -2.22. The molecule has 0 aliphatic carbocycles. The third-order valence-corrected chi connectivity index (χ3v) is 4.30. The van der Waals surface area contributed by atoms with E-state index in [0.29, 0.717) is 24.4 Å². The first kappa shape index (κ1) is 20.1. The summed E-state index contributed by atoms with van der Waals surface area (Å²) in [7, 11) is 0. The molecule has 6 nitrogen and oxygen atoms in total. The summed E-state index contributed by atoms with van der Waals surface area (Å²) >= 11 is 3.37. The second-order valence-corrected chi connectivity index (χ2v) is 6.79. The zero-order valence-corrected chi connectivity index (χ0v) is 16.1. The van der Waals surface area contributed by atoms with Crippen molar-refractivity contribution in [1.82, 2.24) is 10.2 Å². The molecule has 0 saturated heterocycles. The summed E-state index contributed by atoms with van der Waals surface area (Å²) in [5.74, 6) is -0.0492. The van der Waals surface area contributed by atoms with Crippen LogP contribution in [-0.4, -0.2) is 47.6 Å². The number of nitrogens with zero attached hydrogens (tertiary/aromatic N) is 2. The molecule has 0 spiro atoms. The molecule has 0 aromatic heterocycles. The second kappa shape index (κ2) is 9.47. The number of nitrogens with one attached hydrogen (secondary N) is 1. The van der Waals surface area contributed by atoms with Crippen molar-refractivity contribution in [2.24, 2.45) is 4.99 Å². The predicted octanol–water partition coefficient (Wildman–Crippen LogP) is 4.13. The highest BCUT2D eigenvalue weighted by Crippen LogP contribution is 2.30. The first-order valence-corrected chi connectivity index (χ1v) is 9.16. The number of benzene rings is 1. The van der Waals surface area contributed by atoms with Crippen LogP contribution in [0.3, 0.4) is 0 Å². The molecular weight excluding hydrogens is 405 g/mol. The van der Waals surface area contributed by atoms with E-state index in [9.17, 15) is 14.0 Å². The monoisotopic (exact) mass is 425 g/mol. The Kier molecular flexibility index (Phi) is 7.32. The molecule has 0 radical (unpaired) electrons. The van der Waals surface area contributed by atoms with Gasteiger partial charge < -0.3 is 10.0 Å². The SMILES string of the molecule is CCCN(CCCF)C(=O)C1=Cc2ccc(Br)cc2N=C(NC(=O)O)C1. The van der Waals surface area contributed by atoms with Gasteiger partial charge >= 0.3 is 6.09 Å². The summed E-state index contributed by atoms with van der Waals surface area (Å²) in [6.45, 7) is 2.30. The van der Waals surface area contributed by atoms with E-state index in [1.165, 1.54) is 0 Å². The Morgan fingerprint density at radius 1 is 1.38 bits per heavy atom. The number of carboxylic acid groups (broad SMARTS) is 1. The van der Waals surface area contributed by atoms with Gasteiger partial charge in [-0.2, -0.15) is 0 Å². The molecule has 8 heteroatoms. The maximum Gasteiger partial charge on any atom is 0.410 e. The molecule has 0 saturated carbocycles. The zero-order valence-electron chi connectivity index (χ0n) is 14.5. The Bertz CT molecular complexity index is 749. The van der Waals surface area contributed by atoms with E-state index in [2.05, 4.69) is 26.2 Å². The fourth-order valence-electron chi connectivity index (χ4n) is 2.71. The molecule has 1 aromatic rings. The molecule has 1 aliphatic heterocycles. The smallest absolute Gasteiger partial charge is 0.410 e. The molecule has 2 amide bonds. The lowest BCUT2D eigenvalue weighted by molar-refractivity contribution is -0.127. The number of rotatable bonds is 6. The van der Waals surface area contributed by atoms with E-state index < -0.39 is 12.8 Å². The number of halogens is 2. The van der Waals surface area contributed by atoms with Crippen molar-refractivity contribution >= 4 is 45.5 Å². The van der Waals surface area contributed by atoms with Gasteiger partial charge in [0.1, 0.15) is 5.84 Å². The van der Waals surface area contributed by atoms with Crippen LogP contribution in [-0.2, 0) is 4.79 Å². The molecule has 26 heavy (non-hydrogen) atoms. The molecule has 1 aromatic carbocycles. The largest absolute Gasteiger partial charge is 0.465 e. The van der Waals surface area contributed by atoms with Crippen LogP contribution in [0.1, 0.15) is 31.7 Å². The summed E-state index contributed by atoms with van der Waals surface area (Å²) in [5.41, 5.74) is 1.71. The molecule has 0 unspecified atom stereocenters. The normalized spacial score (nSPS) is 13.2. The van der Waals surface area contributed by atoms with Crippen LogP contribution < -0.4 is 5.32 Å². The third kappa shape index (κ3) is 5.39. The molecule has 2 rings (SSSR count). The van der Waals surface area contributed by atoms with E-state index in [0.717, 1.165) is 16.5 Å². The number of amides is 2. The first-order valence-electron chi connectivity index (χ1n) is 8.37. The highest BCUT2D eigenvalue weighted by Gasteiger charge is 2.22. The minimum atomic E-state index is -1.24. The summed E-state index contributed by atoms with van der Waals surface area (Å²) < 4.78 is 13.4. The average Bonchev–Trinajstić information content (AvgIpc) is 2.75. The van der Waals surface area contributed by atoms with Gasteiger partial charge in [0, 0.05) is 35.1 Å². The Labute approximate surface area is 159 Å². The van der Waals surface area contributed by atoms with Crippen molar-refractivity contribution in [3.63, 3.8) is 0 Å².